The van der Waals surface area contributed by atoms with E-state index in [1.807, 2.05) is 6.79 Å². The number of hydrogen-bond donors (Lipinski definition) is 0. The average molecular weight is 1150 g/mol. The van der Waals surface area contributed by atoms with E-state index < -0.39 is 55.1 Å². The zero-order valence-electron chi connectivity index (χ0n) is 36.3. The second-order valence-electron chi connectivity index (χ2n) is 13.0. The summed E-state index contributed by atoms with van der Waals surface area (Å²) in [5.74, 6) is 0. The fraction of sp³-hybridized carbons (Fsp3) is 0. The van der Waals surface area contributed by atoms with E-state index in [0.717, 1.165) is 0 Å². The van der Waals surface area contributed by atoms with Crippen molar-refractivity contribution in [2.24, 2.45) is 0 Å². The second kappa shape index (κ2) is 26.6. The van der Waals surface area contributed by atoms with Gasteiger partial charge in [-0.15, -0.1) is 0 Å². The first kappa shape index (κ1) is 46.5. The van der Waals surface area contributed by atoms with Gasteiger partial charge in [0, 0.05) is 0 Å². The molecule has 0 N–H and O–H groups in total. The van der Waals surface area contributed by atoms with Crippen LogP contribution in [0.15, 0.2) is 273 Å². The molecule has 60 heavy (non-hydrogen) atoms. The van der Waals surface area contributed by atoms with E-state index in [1.165, 1.54) is 34.1 Å². The molecule has 0 saturated heterocycles. The molecule has 9 aromatic rings. The summed E-state index contributed by atoms with van der Waals surface area (Å²) in [5.41, 5.74) is 0. The van der Waals surface area contributed by atoms with Gasteiger partial charge in [-0.3, -0.25) is 0 Å². The Morgan fingerprint density at radius 3 is 0.533 bits per heavy atom. The molecule has 0 atom stereocenters. The van der Waals surface area contributed by atoms with Crippen LogP contribution in [0.1, 0.15) is 4.28 Å². The van der Waals surface area contributed by atoms with Crippen LogP contribution in [0.5, 0.6) is 0 Å². The van der Waals surface area contributed by atoms with Crippen LogP contribution < -0.4 is 34.1 Å². The van der Waals surface area contributed by atoms with Crippen LogP contribution in [-0.2, 0) is 24.3 Å². The first-order valence-corrected chi connectivity index (χ1v) is 30.0. The van der Waals surface area contributed by atoms with Gasteiger partial charge in [0.1, 0.15) is 6.79 Å². The number of rotatable bonds is 9. The van der Waals surface area contributed by atoms with E-state index in [0.29, 0.717) is 0 Å². The molecule has 0 aliphatic heterocycles. The first-order chi connectivity index (χ1) is 29.3. The third-order valence-electron chi connectivity index (χ3n) is 9.13. The molecule has 1 nitrogen and oxygen atoms in total. The average Bonchev–Trinajstić information content (AvgIpc) is 3.34. The molecular formula is C55H50AsORhSb2. The van der Waals surface area contributed by atoms with Gasteiger partial charge >= 0.3 is 382 Å². The predicted octanol–water partition coefficient (Wildman–Crippen LogP) is 6.76. The first-order valence-electron chi connectivity index (χ1n) is 19.5. The van der Waals surface area contributed by atoms with Crippen molar-refractivity contribution in [1.82, 2.24) is 0 Å². The molecule has 300 valence electrons. The topological polar surface area (TPSA) is 17.1 Å². The SMILES string of the molecule is C=O.[H-].[H-].[H-].[Rh+3].c1cc[c]([Sb]([c]2ccccc2)[c]2ccccc2)cc1.c1cc[c]([Sb]([c]2ccccc2)[c]2ccccc2)cc1.c1ccc([As](c2ccccc2)c2ccccc2)cc1. The maximum absolute atomic E-state index is 8.00. The molecule has 0 unspecified atom stereocenters. The second-order valence-corrected chi connectivity index (χ2v) is 30.4. The Hall–Kier alpha value is -4.53. The predicted molar refractivity (Wildman–Crippen MR) is 262 cm³/mol. The van der Waals surface area contributed by atoms with Crippen molar-refractivity contribution < 1.29 is 28.6 Å². The normalized spacial score (nSPS) is 10.1. The summed E-state index contributed by atoms with van der Waals surface area (Å²) < 4.78 is 13.5. The molecule has 0 saturated carbocycles. The number of carbonyl (C=O) groups excluding carboxylic acids is 1. The molecule has 0 bridgehead atoms. The molecule has 0 amide bonds. The molecule has 0 heterocycles. The van der Waals surface area contributed by atoms with Crippen LogP contribution in [0.4, 0.5) is 0 Å². The third kappa shape index (κ3) is 13.7. The van der Waals surface area contributed by atoms with Crippen molar-refractivity contribution in [2.45, 2.75) is 0 Å². The van der Waals surface area contributed by atoms with Crippen molar-refractivity contribution in [2.75, 3.05) is 0 Å². The molecule has 5 heteroatoms. The van der Waals surface area contributed by atoms with Crippen molar-refractivity contribution in [3.8, 4) is 0 Å². The Labute approximate surface area is 393 Å². The monoisotopic (exact) mass is 1150 g/mol. The van der Waals surface area contributed by atoms with E-state index in [2.05, 4.69) is 273 Å². The fourth-order valence-corrected chi connectivity index (χ4v) is 24.5. The van der Waals surface area contributed by atoms with Crippen LogP contribution in [0.2, 0.25) is 0 Å². The summed E-state index contributed by atoms with van der Waals surface area (Å²) in [5, 5.41) is 0. The van der Waals surface area contributed by atoms with Gasteiger partial charge in [0.15, 0.2) is 0 Å². The van der Waals surface area contributed by atoms with E-state index in [-0.39, 0.29) is 23.8 Å². The van der Waals surface area contributed by atoms with Gasteiger partial charge < -0.3 is 9.07 Å². The Morgan fingerprint density at radius 2 is 0.383 bits per heavy atom. The van der Waals surface area contributed by atoms with Gasteiger partial charge in [0.25, 0.3) is 0 Å². The summed E-state index contributed by atoms with van der Waals surface area (Å²) in [7, 11) is 0. The maximum atomic E-state index is 8.00. The molecule has 0 aliphatic rings. The van der Waals surface area contributed by atoms with Gasteiger partial charge in [0.05, 0.1) is 0 Å². The van der Waals surface area contributed by atoms with E-state index in [4.69, 9.17) is 4.79 Å². The van der Waals surface area contributed by atoms with Crippen molar-refractivity contribution in [1.29, 1.82) is 0 Å². The van der Waals surface area contributed by atoms with Crippen LogP contribution in [0.25, 0.3) is 0 Å². The summed E-state index contributed by atoms with van der Waals surface area (Å²) >= 11 is -5.04. The molecule has 0 fully saturated rings. The van der Waals surface area contributed by atoms with E-state index in [9.17, 15) is 0 Å². The molecule has 9 rings (SSSR count). The van der Waals surface area contributed by atoms with Crippen LogP contribution in [0, 0.1) is 0 Å². The van der Waals surface area contributed by atoms with Crippen molar-refractivity contribution in [3.63, 3.8) is 0 Å². The zero-order valence-corrected chi connectivity index (χ0v) is 41.9. The van der Waals surface area contributed by atoms with Gasteiger partial charge in [-0.25, -0.2) is 0 Å². The minimum atomic E-state index is -1.83. The summed E-state index contributed by atoms with van der Waals surface area (Å²) in [6.07, 6.45) is 0. The minimum absolute atomic E-state index is 0. The van der Waals surface area contributed by atoms with Crippen molar-refractivity contribution in [3.05, 3.63) is 273 Å². The number of hydrogen-bond acceptors (Lipinski definition) is 1. The van der Waals surface area contributed by atoms with E-state index >= 15 is 0 Å². The summed E-state index contributed by atoms with van der Waals surface area (Å²) in [6.45, 7) is 2.00. The molecule has 9 aromatic carbocycles. The van der Waals surface area contributed by atoms with E-state index in [1.54, 1.807) is 0 Å². The third-order valence-corrected chi connectivity index (χ3v) is 28.2. The Morgan fingerprint density at radius 1 is 0.250 bits per heavy atom. The Bertz CT molecular complexity index is 1910. The van der Waals surface area contributed by atoms with Crippen LogP contribution in [0.3, 0.4) is 0 Å². The van der Waals surface area contributed by atoms with Gasteiger partial charge in [0.2, 0.25) is 0 Å². The standard InChI is InChI=1S/C18H15As.6C6H5.CH2O.Rh.2Sb.3H/c1-4-10-16(11-5-1)19(17-12-6-2-7-13-17)18-14-8-3-9-15-18;6*1-2-4-6-5-3-1;1-2;;;;;;/h1-15H;6*1-5H;1H2;;;;;;/q;;;;;;;;+3;;;3*-1. The van der Waals surface area contributed by atoms with Gasteiger partial charge in [-0.1, -0.05) is 0 Å². The quantitative estimate of drug-likeness (QED) is 0.146. The van der Waals surface area contributed by atoms with Gasteiger partial charge in [-0.2, -0.15) is 0 Å². The van der Waals surface area contributed by atoms with Crippen LogP contribution >= 0.6 is 0 Å². The summed E-state index contributed by atoms with van der Waals surface area (Å²) in [4.78, 5) is 8.00. The van der Waals surface area contributed by atoms with Gasteiger partial charge in [-0.05, 0) is 0 Å². The number of carbonyl (C=O) groups is 1. The zero-order chi connectivity index (χ0) is 40.7. The Balaban J connectivity index is 0.000000309. The summed E-state index contributed by atoms with van der Waals surface area (Å²) in [6, 6.07) is 98.5. The molecule has 0 spiro atoms. The fourth-order valence-electron chi connectivity index (χ4n) is 6.54. The number of benzene rings is 9. The molecule has 0 radical (unpaired) electrons. The van der Waals surface area contributed by atoms with Crippen molar-refractivity contribution >= 4 is 96.0 Å². The molecular weight excluding hydrogens is 1100 g/mol. The Kier molecular flexibility index (Phi) is 20.7. The molecule has 0 aliphatic carbocycles. The van der Waals surface area contributed by atoms with Crippen LogP contribution in [-0.4, -0.2) is 61.9 Å². The molecule has 0 aromatic heterocycles.